The number of benzene rings is 1. The zero-order valence-electron chi connectivity index (χ0n) is 10.8. The van der Waals surface area contributed by atoms with Crippen molar-refractivity contribution in [2.45, 2.75) is 6.42 Å². The fourth-order valence-corrected chi connectivity index (χ4v) is 1.74. The number of carbonyl (C=O) groups excluding carboxylic acids is 1. The molecule has 0 fully saturated rings. The number of hydrazine groups is 1. The smallest absolute Gasteiger partial charge is 0.251 e. The maximum absolute atomic E-state index is 11.9. The van der Waals surface area contributed by atoms with E-state index in [-0.39, 0.29) is 11.7 Å². The summed E-state index contributed by atoms with van der Waals surface area (Å²) in [5.74, 6) is 5.74. The summed E-state index contributed by atoms with van der Waals surface area (Å²) >= 11 is 0. The largest absolute Gasteiger partial charge is 0.508 e. The van der Waals surface area contributed by atoms with Crippen molar-refractivity contribution in [2.24, 2.45) is 5.84 Å². The fraction of sp³-hybridized carbons (Fsp3) is 0.143. The van der Waals surface area contributed by atoms with E-state index in [1.54, 1.807) is 24.3 Å². The zero-order chi connectivity index (χ0) is 14.4. The summed E-state index contributed by atoms with van der Waals surface area (Å²) in [5.41, 5.74) is 3.94. The minimum atomic E-state index is -0.178. The number of carbonyl (C=O) groups is 1. The molecule has 0 radical (unpaired) electrons. The van der Waals surface area contributed by atoms with Crippen LogP contribution in [0.5, 0.6) is 5.75 Å². The van der Waals surface area contributed by atoms with Crippen LogP contribution >= 0.6 is 0 Å². The van der Waals surface area contributed by atoms with E-state index < -0.39 is 0 Å². The van der Waals surface area contributed by atoms with Crippen LogP contribution in [0.25, 0.3) is 0 Å². The van der Waals surface area contributed by atoms with Crippen molar-refractivity contribution in [3.05, 3.63) is 53.7 Å². The van der Waals surface area contributed by atoms with E-state index in [1.165, 1.54) is 6.20 Å². The van der Waals surface area contributed by atoms with Crippen molar-refractivity contribution < 1.29 is 9.90 Å². The second-order valence-corrected chi connectivity index (χ2v) is 4.25. The molecule has 6 nitrogen and oxygen atoms in total. The fourth-order valence-electron chi connectivity index (χ4n) is 1.74. The van der Waals surface area contributed by atoms with E-state index in [4.69, 9.17) is 5.84 Å². The molecule has 0 bridgehead atoms. The lowest BCUT2D eigenvalue weighted by atomic mass is 10.1. The third-order valence-electron chi connectivity index (χ3n) is 2.81. The van der Waals surface area contributed by atoms with Crippen LogP contribution in [0.1, 0.15) is 15.9 Å². The van der Waals surface area contributed by atoms with Crippen molar-refractivity contribution in [1.82, 2.24) is 10.3 Å². The summed E-state index contributed by atoms with van der Waals surface area (Å²) in [4.78, 5) is 15.8. The quantitative estimate of drug-likeness (QED) is 0.481. The molecule has 5 N–H and O–H groups in total. The van der Waals surface area contributed by atoms with E-state index in [9.17, 15) is 9.90 Å². The SMILES string of the molecule is NNc1cc(C(=O)NCCc2ccc(O)cc2)ccn1. The van der Waals surface area contributed by atoms with Crippen LogP contribution in [0.2, 0.25) is 0 Å². The van der Waals surface area contributed by atoms with Gasteiger partial charge in [0.25, 0.3) is 5.91 Å². The Balaban J connectivity index is 1.87. The van der Waals surface area contributed by atoms with Gasteiger partial charge in [-0.05, 0) is 36.2 Å². The summed E-state index contributed by atoms with van der Waals surface area (Å²) in [7, 11) is 0. The highest BCUT2D eigenvalue weighted by Gasteiger charge is 2.06. The van der Waals surface area contributed by atoms with Gasteiger partial charge in [-0.1, -0.05) is 12.1 Å². The molecule has 0 atom stereocenters. The van der Waals surface area contributed by atoms with E-state index in [0.717, 1.165) is 5.56 Å². The Labute approximate surface area is 116 Å². The van der Waals surface area contributed by atoms with Gasteiger partial charge in [0.2, 0.25) is 0 Å². The van der Waals surface area contributed by atoms with Crippen molar-refractivity contribution in [3.63, 3.8) is 0 Å². The van der Waals surface area contributed by atoms with Gasteiger partial charge >= 0.3 is 0 Å². The number of amides is 1. The van der Waals surface area contributed by atoms with Gasteiger partial charge in [0.15, 0.2) is 0 Å². The summed E-state index contributed by atoms with van der Waals surface area (Å²) in [5, 5.41) is 12.0. The average Bonchev–Trinajstić information content (AvgIpc) is 2.49. The Morgan fingerprint density at radius 2 is 2.00 bits per heavy atom. The standard InChI is InChI=1S/C14H16N4O2/c15-18-13-9-11(6-8-16-13)14(20)17-7-5-10-1-3-12(19)4-2-10/h1-4,6,8-9,19H,5,7,15H2,(H,16,18)(H,17,20). The predicted octanol–water partition coefficient (Wildman–Crippen LogP) is 1.05. The molecule has 104 valence electrons. The lowest BCUT2D eigenvalue weighted by Gasteiger charge is -2.06. The van der Waals surface area contributed by atoms with Gasteiger partial charge in [-0.15, -0.1) is 0 Å². The van der Waals surface area contributed by atoms with Gasteiger partial charge < -0.3 is 15.8 Å². The van der Waals surface area contributed by atoms with Crippen LogP contribution in [-0.2, 0) is 6.42 Å². The number of hydrogen-bond donors (Lipinski definition) is 4. The molecule has 2 aromatic rings. The molecule has 6 heteroatoms. The molecule has 20 heavy (non-hydrogen) atoms. The molecule has 1 aromatic carbocycles. The van der Waals surface area contributed by atoms with Crippen LogP contribution in [0, 0.1) is 0 Å². The highest BCUT2D eigenvalue weighted by molar-refractivity contribution is 5.94. The van der Waals surface area contributed by atoms with Crippen LogP contribution in [-0.4, -0.2) is 22.5 Å². The van der Waals surface area contributed by atoms with Gasteiger partial charge in [0.05, 0.1) is 0 Å². The number of aromatic hydroxyl groups is 1. The number of rotatable bonds is 5. The lowest BCUT2D eigenvalue weighted by molar-refractivity contribution is 0.0954. The van der Waals surface area contributed by atoms with Crippen molar-refractivity contribution in [3.8, 4) is 5.75 Å². The second kappa shape index (κ2) is 6.53. The van der Waals surface area contributed by atoms with Crippen LogP contribution in [0.15, 0.2) is 42.6 Å². The Hall–Kier alpha value is -2.60. The molecular formula is C14H16N4O2. The molecule has 1 heterocycles. The molecule has 2 rings (SSSR count). The Morgan fingerprint density at radius 1 is 1.25 bits per heavy atom. The van der Waals surface area contributed by atoms with E-state index in [1.807, 2.05) is 12.1 Å². The lowest BCUT2D eigenvalue weighted by Crippen LogP contribution is -2.26. The van der Waals surface area contributed by atoms with E-state index in [0.29, 0.717) is 24.3 Å². The minimum absolute atomic E-state index is 0.178. The maximum Gasteiger partial charge on any atom is 0.251 e. The number of phenolic OH excluding ortho intramolecular Hbond substituents is 1. The molecule has 0 aliphatic carbocycles. The Kier molecular flexibility index (Phi) is 4.52. The number of phenols is 1. The van der Waals surface area contributed by atoms with Gasteiger partial charge in [0, 0.05) is 18.3 Å². The molecule has 0 saturated carbocycles. The van der Waals surface area contributed by atoms with Crippen LogP contribution < -0.4 is 16.6 Å². The molecule has 0 spiro atoms. The van der Waals surface area contributed by atoms with Gasteiger partial charge in [-0.2, -0.15) is 0 Å². The number of hydrogen-bond acceptors (Lipinski definition) is 5. The van der Waals surface area contributed by atoms with Crippen LogP contribution in [0.4, 0.5) is 5.82 Å². The minimum Gasteiger partial charge on any atom is -0.508 e. The van der Waals surface area contributed by atoms with Gasteiger partial charge in [0.1, 0.15) is 11.6 Å². The molecule has 0 aliphatic heterocycles. The highest BCUT2D eigenvalue weighted by Crippen LogP contribution is 2.10. The molecule has 0 aliphatic rings. The second-order valence-electron chi connectivity index (χ2n) is 4.25. The summed E-state index contributed by atoms with van der Waals surface area (Å²) in [6.45, 7) is 0.511. The van der Waals surface area contributed by atoms with E-state index in [2.05, 4.69) is 15.7 Å². The highest BCUT2D eigenvalue weighted by atomic mass is 16.3. The number of anilines is 1. The first-order valence-corrected chi connectivity index (χ1v) is 6.18. The maximum atomic E-state index is 11.9. The summed E-state index contributed by atoms with van der Waals surface area (Å²) in [6.07, 6.45) is 2.21. The summed E-state index contributed by atoms with van der Waals surface area (Å²) < 4.78 is 0. The van der Waals surface area contributed by atoms with Gasteiger partial charge in [-0.25, -0.2) is 10.8 Å². The van der Waals surface area contributed by atoms with Crippen LogP contribution in [0.3, 0.4) is 0 Å². The van der Waals surface area contributed by atoms with Gasteiger partial charge in [-0.3, -0.25) is 4.79 Å². The Bertz CT molecular complexity index is 584. The predicted molar refractivity (Wildman–Crippen MR) is 76.2 cm³/mol. The molecule has 1 aromatic heterocycles. The number of pyridine rings is 1. The average molecular weight is 272 g/mol. The zero-order valence-corrected chi connectivity index (χ0v) is 10.8. The van der Waals surface area contributed by atoms with Crippen molar-refractivity contribution >= 4 is 11.7 Å². The number of nitrogen functional groups attached to an aromatic ring is 1. The third kappa shape index (κ3) is 3.69. The monoisotopic (exact) mass is 272 g/mol. The molecule has 1 amide bonds. The molecular weight excluding hydrogens is 256 g/mol. The van der Waals surface area contributed by atoms with Crippen molar-refractivity contribution in [1.29, 1.82) is 0 Å². The number of aromatic nitrogens is 1. The van der Waals surface area contributed by atoms with E-state index >= 15 is 0 Å². The number of nitrogens with one attached hydrogen (secondary N) is 2. The molecule has 0 saturated heterocycles. The summed E-state index contributed by atoms with van der Waals surface area (Å²) in [6, 6.07) is 10.1. The van der Waals surface area contributed by atoms with Crippen molar-refractivity contribution in [2.75, 3.05) is 12.0 Å². The normalized spacial score (nSPS) is 10.1. The Morgan fingerprint density at radius 3 is 2.70 bits per heavy atom. The first kappa shape index (κ1) is 13.8. The topological polar surface area (TPSA) is 100 Å². The first-order valence-electron chi connectivity index (χ1n) is 6.18. The number of nitrogens with two attached hydrogens (primary N) is 1. The first-order chi connectivity index (χ1) is 9.69. The third-order valence-corrected chi connectivity index (χ3v) is 2.81. The number of nitrogens with zero attached hydrogens (tertiary/aromatic N) is 1. The molecule has 0 unspecified atom stereocenters.